The van der Waals surface area contributed by atoms with Crippen LogP contribution in [0.5, 0.6) is 11.5 Å². The fraction of sp³-hybridized carbons (Fsp3) is 0.105. The zero-order valence-corrected chi connectivity index (χ0v) is 73.1. The maximum atomic E-state index is 8.28. The van der Waals surface area contributed by atoms with Gasteiger partial charge in [0.1, 0.15) is 11.5 Å². The third-order valence-electron chi connectivity index (χ3n) is 27.0. The van der Waals surface area contributed by atoms with Gasteiger partial charge in [0.05, 0.1) is 28.4 Å². The van der Waals surface area contributed by atoms with Gasteiger partial charge in [0.2, 0.25) is 0 Å². The second-order valence-corrected chi connectivity index (χ2v) is 35.8. The fourth-order valence-electron chi connectivity index (χ4n) is 21.6. The van der Waals surface area contributed by atoms with Crippen LogP contribution in [0.15, 0.2) is 340 Å². The Bertz CT molecular complexity index is 7140. The molecule has 6 aliphatic rings. The molecule has 12 heteroatoms. The lowest BCUT2D eigenvalue weighted by Gasteiger charge is -2.47. The largest absolute Gasteiger partial charge is 0.458 e. The van der Waals surface area contributed by atoms with Crippen molar-refractivity contribution in [1.82, 2.24) is 0 Å². The van der Waals surface area contributed by atoms with Crippen LogP contribution in [0, 0.1) is 83.1 Å². The van der Waals surface area contributed by atoms with Crippen molar-refractivity contribution in [3.8, 4) is 11.5 Å². The Morgan fingerprint density at radius 1 is 0.214 bits per heavy atom. The van der Waals surface area contributed by atoms with Gasteiger partial charge in [0.15, 0.2) is 0 Å². The van der Waals surface area contributed by atoms with Gasteiger partial charge in [0.25, 0.3) is 20.1 Å². The maximum Gasteiger partial charge on any atom is 0.256 e. The molecule has 126 heavy (non-hydrogen) atoms. The molecular weight excluding hydrogens is 1530 g/mol. The van der Waals surface area contributed by atoms with E-state index in [2.05, 4.69) is 462 Å². The van der Waals surface area contributed by atoms with Crippen molar-refractivity contribution >= 4 is 200 Å². The van der Waals surface area contributed by atoms with E-state index < -0.39 is 0 Å². The van der Waals surface area contributed by atoms with Crippen molar-refractivity contribution in [1.29, 1.82) is 0 Å². The Labute approximate surface area is 740 Å². The predicted molar refractivity (Wildman–Crippen MR) is 536 cm³/mol. The molecule has 0 bridgehead atoms. The monoisotopic (exact) mass is 1620 g/mol. The van der Waals surface area contributed by atoms with Crippen LogP contribution in [-0.2, 0) is 0 Å². The zero-order chi connectivity index (χ0) is 85.3. The molecule has 9 nitrogen and oxygen atoms in total. The van der Waals surface area contributed by atoms with E-state index in [4.69, 9.17) is 4.74 Å². The Morgan fingerprint density at radius 2 is 0.540 bits per heavy atom. The lowest BCUT2D eigenvalue weighted by molar-refractivity contribution is 0.488. The number of ether oxygens (including phenoxy) is 1. The van der Waals surface area contributed by atoms with Gasteiger partial charge in [0, 0.05) is 115 Å². The summed E-state index contributed by atoms with van der Waals surface area (Å²) in [4.78, 5) is 17.7. The molecule has 0 radical (unpaired) electrons. The summed E-state index contributed by atoms with van der Waals surface area (Å²) in [6, 6.07) is 129. The predicted octanol–water partition coefficient (Wildman–Crippen LogP) is 24.6. The highest BCUT2D eigenvalue weighted by Gasteiger charge is 2.51. The average molecular weight is 1620 g/mol. The summed E-state index contributed by atoms with van der Waals surface area (Å²) in [6.45, 7) is 25.9. The van der Waals surface area contributed by atoms with Gasteiger partial charge in [-0.05, 0) is 300 Å². The summed E-state index contributed by atoms with van der Waals surface area (Å²) in [5.41, 5.74) is 49.9. The molecule has 1 N–H and O–H groups in total. The molecule has 0 fully saturated rings. The number of fused-ring (bicyclic) bond motifs is 12. The Morgan fingerprint density at radius 3 is 0.952 bits per heavy atom. The van der Waals surface area contributed by atoms with Crippen LogP contribution in [0.3, 0.4) is 0 Å². The van der Waals surface area contributed by atoms with Gasteiger partial charge in [-0.2, -0.15) is 0 Å². The number of nitrogens with one attached hydrogen (secondary N) is 1. The summed E-state index contributed by atoms with van der Waals surface area (Å²) < 4.78 is 8.28. The third kappa shape index (κ3) is 12.2. The molecular formula is C114H93B3N8O. The first-order valence-electron chi connectivity index (χ1n) is 44.2. The van der Waals surface area contributed by atoms with Crippen LogP contribution in [0.1, 0.15) is 66.8 Å². The number of hydrogen-bond donors (Lipinski definition) is 1. The van der Waals surface area contributed by atoms with Crippen LogP contribution in [0.4, 0.5) is 131 Å². The van der Waals surface area contributed by atoms with Gasteiger partial charge in [-0.3, -0.25) is 0 Å². The van der Waals surface area contributed by atoms with Crippen LogP contribution in [0.25, 0.3) is 0 Å². The molecule has 17 aromatic carbocycles. The van der Waals surface area contributed by atoms with Crippen molar-refractivity contribution in [2.45, 2.75) is 83.1 Å². The normalized spacial score (nSPS) is 13.1. The lowest BCUT2D eigenvalue weighted by Crippen LogP contribution is -2.65. The van der Waals surface area contributed by atoms with E-state index in [9.17, 15) is 0 Å². The molecule has 0 aromatic heterocycles. The number of anilines is 23. The van der Waals surface area contributed by atoms with Gasteiger partial charge in [-0.15, -0.1) is 0 Å². The van der Waals surface area contributed by atoms with Crippen molar-refractivity contribution in [3.05, 3.63) is 406 Å². The Balaban J connectivity index is 0.829. The number of benzene rings is 17. The number of hydrogen-bond acceptors (Lipinski definition) is 9. The maximum absolute atomic E-state index is 8.28. The second kappa shape index (κ2) is 29.4. The summed E-state index contributed by atoms with van der Waals surface area (Å²) in [7, 11) is 0. The van der Waals surface area contributed by atoms with E-state index >= 15 is 0 Å². The molecule has 23 rings (SSSR count). The van der Waals surface area contributed by atoms with E-state index in [0.717, 1.165) is 153 Å². The van der Waals surface area contributed by atoms with Crippen molar-refractivity contribution in [2.24, 2.45) is 0 Å². The first-order chi connectivity index (χ1) is 61.4. The van der Waals surface area contributed by atoms with E-state index in [1.807, 2.05) is 0 Å². The molecule has 17 aromatic rings. The highest BCUT2D eigenvalue weighted by molar-refractivity contribution is 7.04. The third-order valence-corrected chi connectivity index (χ3v) is 27.0. The van der Waals surface area contributed by atoms with Crippen molar-refractivity contribution in [2.75, 3.05) is 39.6 Å². The number of nitrogens with zero attached hydrogens (tertiary/aromatic N) is 7. The Hall–Kier alpha value is -14.9. The molecule has 0 saturated heterocycles. The minimum absolute atomic E-state index is 0.220. The van der Waals surface area contributed by atoms with Gasteiger partial charge >= 0.3 is 0 Å². The van der Waals surface area contributed by atoms with Gasteiger partial charge < -0.3 is 44.4 Å². The molecule has 0 aliphatic carbocycles. The quantitative estimate of drug-likeness (QED) is 0.114. The number of para-hydroxylation sites is 4. The summed E-state index contributed by atoms with van der Waals surface area (Å²) in [5, 5.41) is 4.38. The minimum Gasteiger partial charge on any atom is -0.458 e. The highest BCUT2D eigenvalue weighted by atomic mass is 16.5. The smallest absolute Gasteiger partial charge is 0.256 e. The molecule has 0 saturated carbocycles. The molecule has 0 atom stereocenters. The average Bonchev–Trinajstić information content (AvgIpc) is 0.494. The van der Waals surface area contributed by atoms with Crippen LogP contribution < -0.4 is 93.5 Å². The lowest BCUT2D eigenvalue weighted by atomic mass is 9.29. The van der Waals surface area contributed by atoms with E-state index in [1.54, 1.807) is 0 Å². The van der Waals surface area contributed by atoms with Crippen molar-refractivity contribution in [3.63, 3.8) is 0 Å². The standard InChI is InChI=1S/C114H93B3N8O/c1-69-31-43-83(44-32-69)119(84-45-33-70(2)34-46-84)89-59-99-110-104(60-89)122(81-23-15-13-16-24-81)100-29-21-19-27-92(100)115(110)94-65-95-102(67-98(94)118-99)124(113-77(9)55-75(7)56-78(113)10)107-63-91(121(87-51-39-73(5)40-52-87)88-53-41-74(6)42-54-88)64-109-112(107)117(95)97-66-96-103(68-108(97)126-109)125(114-79(11)57-76(8)58-80(114)12)106-62-90(120(85-47-35-71(3)36-48-85)86-49-37-72(4)38-50-86)61-105-111(106)116(96)93-28-20-22-30-101(93)123(105)82-25-17-14-18-26-82/h13-68,118H,1-12H3. The van der Waals surface area contributed by atoms with Crippen LogP contribution in [0.2, 0.25) is 0 Å². The van der Waals surface area contributed by atoms with E-state index in [-0.39, 0.29) is 20.1 Å². The molecule has 0 spiro atoms. The zero-order valence-electron chi connectivity index (χ0n) is 73.1. The first kappa shape index (κ1) is 76.1. The molecule has 604 valence electrons. The SMILES string of the molecule is Cc1ccc(N(c2ccc(C)cc2)c2cc3c4c(c2)N(c2ccccc2)c2ccccc2B4c2cc4c(cc2N3)N(c2c(C)cc(C)cc2C)c2cc(N(c3ccc(C)cc3)c3ccc(C)cc3)cc3c2B4c2cc4c(cc2O3)N(c2c(C)cc(C)cc2C)c2cc(N(c3ccc(C)cc3)c3ccc(C)cc3)cc3c2B4c2ccccc2N3c2ccccc2)cc1. The van der Waals surface area contributed by atoms with E-state index in [0.29, 0.717) is 0 Å². The topological polar surface area (TPSA) is 43.9 Å². The molecule has 6 aliphatic heterocycles. The molecule has 0 amide bonds. The highest BCUT2D eigenvalue weighted by Crippen LogP contribution is 2.55. The summed E-state index contributed by atoms with van der Waals surface area (Å²) in [5.74, 6) is 1.61. The number of aryl methyl sites for hydroxylation is 12. The Kier molecular flexibility index (Phi) is 17.8. The fourth-order valence-corrected chi connectivity index (χ4v) is 21.6. The summed E-state index contributed by atoms with van der Waals surface area (Å²) in [6.07, 6.45) is 0. The van der Waals surface area contributed by atoms with Crippen LogP contribution in [-0.4, -0.2) is 20.1 Å². The van der Waals surface area contributed by atoms with Gasteiger partial charge in [-0.1, -0.05) is 226 Å². The van der Waals surface area contributed by atoms with Gasteiger partial charge in [-0.25, -0.2) is 0 Å². The molecule has 6 heterocycles. The minimum atomic E-state index is -0.384. The van der Waals surface area contributed by atoms with Crippen LogP contribution >= 0.6 is 0 Å². The first-order valence-corrected chi connectivity index (χ1v) is 44.2. The van der Waals surface area contributed by atoms with Crippen molar-refractivity contribution < 1.29 is 4.74 Å². The molecule has 0 unspecified atom stereocenters. The summed E-state index contributed by atoms with van der Waals surface area (Å²) >= 11 is 0. The second-order valence-electron chi connectivity index (χ2n) is 35.8. The van der Waals surface area contributed by atoms with E-state index in [1.165, 1.54) is 105 Å². The number of rotatable bonds is 13.